The Kier molecular flexibility index (Phi) is 3.87. The van der Waals surface area contributed by atoms with Crippen LogP contribution >= 0.6 is 0 Å². The maximum atomic E-state index is 8.95. The van der Waals surface area contributed by atoms with Crippen molar-refractivity contribution in [1.82, 2.24) is 0 Å². The van der Waals surface area contributed by atoms with E-state index in [1.54, 1.807) is 0 Å². The fraction of sp³-hybridized carbons (Fsp3) is 0.235. The van der Waals surface area contributed by atoms with Gasteiger partial charge < -0.3 is 5.32 Å². The van der Waals surface area contributed by atoms with Gasteiger partial charge in [-0.25, -0.2) is 0 Å². The minimum absolute atomic E-state index is 0.689. The van der Waals surface area contributed by atoms with Crippen molar-refractivity contribution < 1.29 is 0 Å². The van der Waals surface area contributed by atoms with E-state index < -0.39 is 0 Å². The van der Waals surface area contributed by atoms with E-state index in [0.717, 1.165) is 17.8 Å². The molecule has 0 fully saturated rings. The van der Waals surface area contributed by atoms with Gasteiger partial charge in [-0.3, -0.25) is 0 Å². The lowest BCUT2D eigenvalue weighted by molar-refractivity contribution is 1.08. The van der Waals surface area contributed by atoms with E-state index in [9.17, 15) is 0 Å². The minimum Gasteiger partial charge on any atom is -0.381 e. The fourth-order valence-corrected chi connectivity index (χ4v) is 2.19. The van der Waals surface area contributed by atoms with Crippen molar-refractivity contribution in [2.45, 2.75) is 27.3 Å². The molecule has 0 unspecified atom stereocenters. The Morgan fingerprint density at radius 1 is 1.00 bits per heavy atom. The number of nitrogens with zero attached hydrogens (tertiary/aromatic N) is 1. The summed E-state index contributed by atoms with van der Waals surface area (Å²) in [4.78, 5) is 0. The van der Waals surface area contributed by atoms with Crippen molar-refractivity contribution in [3.05, 3.63) is 64.2 Å². The third-order valence-corrected chi connectivity index (χ3v) is 3.47. The van der Waals surface area contributed by atoms with Gasteiger partial charge in [-0.1, -0.05) is 24.3 Å². The van der Waals surface area contributed by atoms with Crippen LogP contribution in [0.4, 0.5) is 5.69 Å². The number of benzene rings is 2. The molecule has 0 bridgehead atoms. The third-order valence-electron chi connectivity index (χ3n) is 3.47. The molecule has 2 nitrogen and oxygen atoms in total. The van der Waals surface area contributed by atoms with Gasteiger partial charge in [0, 0.05) is 12.2 Å². The van der Waals surface area contributed by atoms with Crippen LogP contribution in [0.5, 0.6) is 0 Å². The molecule has 1 N–H and O–H groups in total. The van der Waals surface area contributed by atoms with Crippen molar-refractivity contribution in [3.8, 4) is 6.07 Å². The highest BCUT2D eigenvalue weighted by Crippen LogP contribution is 2.19. The van der Waals surface area contributed by atoms with Crippen molar-refractivity contribution >= 4 is 5.69 Å². The van der Waals surface area contributed by atoms with Gasteiger partial charge in [-0.15, -0.1) is 0 Å². The van der Waals surface area contributed by atoms with E-state index >= 15 is 0 Å². The SMILES string of the molecule is Cc1ccc(C#N)cc1NCc1c(C)cccc1C. The van der Waals surface area contributed by atoms with Crippen LogP contribution < -0.4 is 5.32 Å². The lowest BCUT2D eigenvalue weighted by atomic mass is 10.0. The van der Waals surface area contributed by atoms with Crippen LogP contribution in [0.1, 0.15) is 27.8 Å². The molecular formula is C17H18N2. The molecule has 2 aromatic carbocycles. The van der Waals surface area contributed by atoms with Crippen LogP contribution in [0.25, 0.3) is 0 Å². The molecule has 0 aliphatic carbocycles. The van der Waals surface area contributed by atoms with Crippen LogP contribution in [0, 0.1) is 32.1 Å². The summed E-state index contributed by atoms with van der Waals surface area (Å²) >= 11 is 0. The lowest BCUT2D eigenvalue weighted by Gasteiger charge is -2.13. The summed E-state index contributed by atoms with van der Waals surface area (Å²) in [7, 11) is 0. The molecular weight excluding hydrogens is 232 g/mol. The van der Waals surface area contributed by atoms with Gasteiger partial charge in [0.2, 0.25) is 0 Å². The van der Waals surface area contributed by atoms with Gasteiger partial charge in [-0.2, -0.15) is 5.26 Å². The average Bonchev–Trinajstić information content (AvgIpc) is 2.40. The molecule has 0 saturated heterocycles. The molecule has 96 valence electrons. The monoisotopic (exact) mass is 250 g/mol. The highest BCUT2D eigenvalue weighted by Gasteiger charge is 2.04. The Morgan fingerprint density at radius 3 is 2.32 bits per heavy atom. The van der Waals surface area contributed by atoms with Crippen molar-refractivity contribution in [2.75, 3.05) is 5.32 Å². The predicted molar refractivity (Wildman–Crippen MR) is 79.1 cm³/mol. The highest BCUT2D eigenvalue weighted by atomic mass is 14.9. The maximum absolute atomic E-state index is 8.95. The summed E-state index contributed by atoms with van der Waals surface area (Å²) in [6, 6.07) is 14.2. The Bertz CT molecular complexity index is 616. The Labute approximate surface area is 114 Å². The zero-order chi connectivity index (χ0) is 13.8. The number of rotatable bonds is 3. The fourth-order valence-electron chi connectivity index (χ4n) is 2.19. The first-order valence-corrected chi connectivity index (χ1v) is 6.41. The normalized spacial score (nSPS) is 10.0. The largest absolute Gasteiger partial charge is 0.381 e. The molecule has 0 aromatic heterocycles. The second kappa shape index (κ2) is 5.58. The van der Waals surface area contributed by atoms with E-state index in [4.69, 9.17) is 5.26 Å². The topological polar surface area (TPSA) is 35.8 Å². The van der Waals surface area contributed by atoms with Gasteiger partial charge in [0.25, 0.3) is 0 Å². The molecule has 0 spiro atoms. The molecule has 0 radical (unpaired) electrons. The van der Waals surface area contributed by atoms with E-state index in [1.807, 2.05) is 25.1 Å². The van der Waals surface area contributed by atoms with Crippen molar-refractivity contribution in [2.24, 2.45) is 0 Å². The molecule has 0 aliphatic heterocycles. The zero-order valence-corrected chi connectivity index (χ0v) is 11.6. The summed E-state index contributed by atoms with van der Waals surface area (Å²) in [5, 5.41) is 12.4. The Morgan fingerprint density at radius 2 is 1.68 bits per heavy atom. The number of hydrogen-bond acceptors (Lipinski definition) is 2. The summed E-state index contributed by atoms with van der Waals surface area (Å²) in [5.41, 5.74) is 6.79. The Hall–Kier alpha value is -2.27. The molecule has 0 aliphatic rings. The van der Waals surface area contributed by atoms with Gasteiger partial charge in [0.15, 0.2) is 0 Å². The zero-order valence-electron chi connectivity index (χ0n) is 11.6. The third kappa shape index (κ3) is 2.95. The van der Waals surface area contributed by atoms with Crippen LogP contribution in [-0.2, 0) is 6.54 Å². The average molecular weight is 250 g/mol. The second-order valence-corrected chi connectivity index (χ2v) is 4.87. The van der Waals surface area contributed by atoms with E-state index in [2.05, 4.69) is 43.4 Å². The molecule has 19 heavy (non-hydrogen) atoms. The number of hydrogen-bond donors (Lipinski definition) is 1. The number of nitriles is 1. The van der Waals surface area contributed by atoms with Gasteiger partial charge in [-0.05, 0) is 55.2 Å². The Balaban J connectivity index is 2.22. The highest BCUT2D eigenvalue weighted by molar-refractivity contribution is 5.55. The molecule has 2 heteroatoms. The summed E-state index contributed by atoms with van der Waals surface area (Å²) in [6.45, 7) is 7.09. The van der Waals surface area contributed by atoms with Crippen molar-refractivity contribution in [1.29, 1.82) is 5.26 Å². The summed E-state index contributed by atoms with van der Waals surface area (Å²) in [5.74, 6) is 0. The molecule has 0 atom stereocenters. The lowest BCUT2D eigenvalue weighted by Crippen LogP contribution is -2.04. The molecule has 0 heterocycles. The van der Waals surface area contributed by atoms with Crippen LogP contribution in [0.15, 0.2) is 36.4 Å². The number of anilines is 1. The first-order valence-electron chi connectivity index (χ1n) is 6.41. The molecule has 2 rings (SSSR count). The van der Waals surface area contributed by atoms with Gasteiger partial charge >= 0.3 is 0 Å². The second-order valence-electron chi connectivity index (χ2n) is 4.87. The molecule has 0 saturated carbocycles. The smallest absolute Gasteiger partial charge is 0.0992 e. The quantitative estimate of drug-likeness (QED) is 0.890. The summed E-state index contributed by atoms with van der Waals surface area (Å²) in [6.07, 6.45) is 0. The van der Waals surface area contributed by atoms with E-state index in [-0.39, 0.29) is 0 Å². The standard InChI is InChI=1S/C17H18N2/c1-12-5-4-6-13(2)16(12)11-19-17-9-15(10-18)8-7-14(17)3/h4-9,19H,11H2,1-3H3. The minimum atomic E-state index is 0.689. The van der Waals surface area contributed by atoms with E-state index in [0.29, 0.717) is 5.56 Å². The number of nitrogens with one attached hydrogen (secondary N) is 1. The van der Waals surface area contributed by atoms with E-state index in [1.165, 1.54) is 16.7 Å². The molecule has 0 amide bonds. The maximum Gasteiger partial charge on any atom is 0.0992 e. The van der Waals surface area contributed by atoms with Crippen LogP contribution in [0.2, 0.25) is 0 Å². The van der Waals surface area contributed by atoms with Gasteiger partial charge in [0.05, 0.1) is 11.6 Å². The summed E-state index contributed by atoms with van der Waals surface area (Å²) < 4.78 is 0. The van der Waals surface area contributed by atoms with Crippen LogP contribution in [-0.4, -0.2) is 0 Å². The number of aryl methyl sites for hydroxylation is 3. The first kappa shape index (κ1) is 13.2. The van der Waals surface area contributed by atoms with Gasteiger partial charge in [0.1, 0.15) is 0 Å². The predicted octanol–water partition coefficient (Wildman–Crippen LogP) is 4.10. The first-order chi connectivity index (χ1) is 9.11. The van der Waals surface area contributed by atoms with Crippen LogP contribution in [0.3, 0.4) is 0 Å². The van der Waals surface area contributed by atoms with Crippen molar-refractivity contribution in [3.63, 3.8) is 0 Å². The molecule has 2 aromatic rings.